The number of pyridine rings is 1. The van der Waals surface area contributed by atoms with E-state index < -0.39 is 10.0 Å². The van der Waals surface area contributed by atoms with Gasteiger partial charge in [0.15, 0.2) is 5.65 Å². The largest absolute Gasteiger partial charge is 0.361 e. The van der Waals surface area contributed by atoms with Crippen LogP contribution in [0.2, 0.25) is 0 Å². The zero-order valence-electron chi connectivity index (χ0n) is 13.3. The molecule has 4 rings (SSSR count). The Morgan fingerprint density at radius 3 is 2.58 bits per heavy atom. The maximum Gasteiger partial charge on any atom is 0.273 e. The average molecular weight is 361 g/mol. The van der Waals surface area contributed by atoms with Crippen LogP contribution in [0.3, 0.4) is 0 Å². The first-order valence-electron chi connectivity index (χ1n) is 7.58. The van der Waals surface area contributed by atoms with E-state index in [1.165, 1.54) is 36.9 Å². The summed E-state index contributed by atoms with van der Waals surface area (Å²) >= 11 is 0. The lowest BCUT2D eigenvalue weighted by atomic mass is 10.1. The van der Waals surface area contributed by atoms with Gasteiger partial charge in [-0.1, -0.05) is 24.8 Å². The first kappa shape index (κ1) is 15.9. The fourth-order valence-electron chi connectivity index (χ4n) is 2.68. The number of rotatable bonds is 3. The molecule has 0 aliphatic rings. The Hall–Kier alpha value is -3.57. The van der Waals surface area contributed by atoms with Crippen LogP contribution in [-0.4, -0.2) is 27.3 Å². The minimum atomic E-state index is -3.82. The van der Waals surface area contributed by atoms with Crippen molar-refractivity contribution < 1.29 is 8.42 Å². The summed E-state index contributed by atoms with van der Waals surface area (Å²) in [4.78, 5) is 15.8. The van der Waals surface area contributed by atoms with Crippen molar-refractivity contribution in [3.05, 3.63) is 78.7 Å². The summed E-state index contributed by atoms with van der Waals surface area (Å²) in [6.45, 7) is 7.10. The molecule has 0 saturated heterocycles. The number of benzene rings is 1. The van der Waals surface area contributed by atoms with E-state index >= 15 is 0 Å². The Bertz CT molecular complexity index is 1260. The Morgan fingerprint density at radius 1 is 1.00 bits per heavy atom. The second kappa shape index (κ2) is 6.06. The molecule has 3 aromatic heterocycles. The molecule has 7 nitrogen and oxygen atoms in total. The molecule has 4 aromatic rings. The zero-order chi connectivity index (χ0) is 18.1. The average Bonchev–Trinajstić information content (AvgIpc) is 3.09. The highest BCUT2D eigenvalue weighted by atomic mass is 32.2. The van der Waals surface area contributed by atoms with Gasteiger partial charge in [0.1, 0.15) is 0 Å². The maximum absolute atomic E-state index is 13.1. The third-order valence-electron chi connectivity index (χ3n) is 3.88. The first-order chi connectivity index (χ1) is 12.6. The lowest BCUT2D eigenvalue weighted by molar-refractivity contribution is 0.589. The molecule has 0 N–H and O–H groups in total. The smallest absolute Gasteiger partial charge is 0.273 e. The summed E-state index contributed by atoms with van der Waals surface area (Å²) in [5, 5.41) is 0.627. The van der Waals surface area contributed by atoms with Gasteiger partial charge < -0.3 is 4.85 Å². The second-order valence-corrected chi connectivity index (χ2v) is 7.22. The van der Waals surface area contributed by atoms with E-state index in [0.29, 0.717) is 22.3 Å². The first-order valence-corrected chi connectivity index (χ1v) is 9.02. The fraction of sp³-hybridized carbons (Fsp3) is 0. The molecular weight excluding hydrogens is 350 g/mol. The minimum absolute atomic E-state index is 0.165. The topological polar surface area (TPSA) is 82.1 Å². The van der Waals surface area contributed by atoms with E-state index in [-0.39, 0.29) is 10.7 Å². The van der Waals surface area contributed by atoms with Crippen molar-refractivity contribution in [3.63, 3.8) is 0 Å². The number of hydrogen-bond acceptors (Lipinski definition) is 5. The molecule has 0 aliphatic carbocycles. The predicted molar refractivity (Wildman–Crippen MR) is 96.0 cm³/mol. The molecule has 0 aliphatic heterocycles. The van der Waals surface area contributed by atoms with Gasteiger partial charge in [0.05, 0.1) is 10.6 Å². The second-order valence-electron chi connectivity index (χ2n) is 5.40. The van der Waals surface area contributed by atoms with Gasteiger partial charge in [0, 0.05) is 23.3 Å². The van der Waals surface area contributed by atoms with Crippen LogP contribution < -0.4 is 0 Å². The molecule has 26 heavy (non-hydrogen) atoms. The molecule has 0 bridgehead atoms. The summed E-state index contributed by atoms with van der Waals surface area (Å²) in [7, 11) is -3.82. The molecule has 0 atom stereocenters. The molecule has 0 amide bonds. The molecule has 126 valence electrons. The Morgan fingerprint density at radius 2 is 1.81 bits per heavy atom. The molecule has 3 heterocycles. The van der Waals surface area contributed by atoms with E-state index in [0.717, 1.165) is 3.97 Å². The molecule has 0 radical (unpaired) electrons. The van der Waals surface area contributed by atoms with Gasteiger partial charge in [-0.3, -0.25) is 0 Å². The quantitative estimate of drug-likeness (QED) is 0.523. The van der Waals surface area contributed by atoms with E-state index in [1.54, 1.807) is 30.3 Å². The van der Waals surface area contributed by atoms with E-state index in [4.69, 9.17) is 6.57 Å². The van der Waals surface area contributed by atoms with Crippen molar-refractivity contribution in [2.24, 2.45) is 0 Å². The van der Waals surface area contributed by atoms with Gasteiger partial charge in [-0.15, -0.1) is 4.98 Å². The molecule has 1 aromatic carbocycles. The number of nitrogens with zero attached hydrogens (tertiary/aromatic N) is 5. The van der Waals surface area contributed by atoms with Crippen molar-refractivity contribution in [1.29, 1.82) is 0 Å². The zero-order valence-corrected chi connectivity index (χ0v) is 14.1. The van der Waals surface area contributed by atoms with Crippen LogP contribution in [0.5, 0.6) is 0 Å². The maximum atomic E-state index is 13.1. The Kier molecular flexibility index (Phi) is 3.71. The summed E-state index contributed by atoms with van der Waals surface area (Å²) in [6.07, 6.45) is 4.30. The molecule has 0 saturated carbocycles. The Labute approximate surface area is 149 Å². The van der Waals surface area contributed by atoms with Crippen LogP contribution in [0.25, 0.3) is 27.1 Å². The highest BCUT2D eigenvalue weighted by molar-refractivity contribution is 7.90. The van der Waals surface area contributed by atoms with Crippen LogP contribution >= 0.6 is 0 Å². The van der Waals surface area contributed by atoms with E-state index in [9.17, 15) is 8.42 Å². The van der Waals surface area contributed by atoms with Gasteiger partial charge in [-0.2, -0.15) is 0 Å². The van der Waals surface area contributed by atoms with Crippen LogP contribution in [0.15, 0.2) is 72.1 Å². The monoisotopic (exact) mass is 361 g/mol. The van der Waals surface area contributed by atoms with Crippen molar-refractivity contribution >= 4 is 26.9 Å². The summed E-state index contributed by atoms with van der Waals surface area (Å²) in [6, 6.07) is 13.2. The summed E-state index contributed by atoms with van der Waals surface area (Å²) < 4.78 is 27.3. The van der Waals surface area contributed by atoms with Gasteiger partial charge in [-0.05, 0) is 30.3 Å². The SMILES string of the molecule is [C-]#[N+]c1cc(-c2cn(S(=O)(=O)c3ccccc3)c3ncccc23)ncn1. The van der Waals surface area contributed by atoms with Crippen LogP contribution in [0.4, 0.5) is 5.82 Å². The lowest BCUT2D eigenvalue weighted by Crippen LogP contribution is -2.12. The van der Waals surface area contributed by atoms with Crippen molar-refractivity contribution in [2.75, 3.05) is 0 Å². The summed E-state index contributed by atoms with van der Waals surface area (Å²) in [5.41, 5.74) is 1.33. The van der Waals surface area contributed by atoms with Gasteiger partial charge >= 0.3 is 0 Å². The normalized spacial score (nSPS) is 11.3. The molecule has 0 spiro atoms. The Balaban J connectivity index is 2.00. The third kappa shape index (κ3) is 2.51. The molecule has 0 unspecified atom stereocenters. The summed E-state index contributed by atoms with van der Waals surface area (Å²) in [5.74, 6) is 0.186. The van der Waals surface area contributed by atoms with Gasteiger partial charge in [0.25, 0.3) is 15.8 Å². The van der Waals surface area contributed by atoms with Gasteiger partial charge in [0.2, 0.25) is 6.33 Å². The molecule has 8 heteroatoms. The highest BCUT2D eigenvalue weighted by Gasteiger charge is 2.23. The molecular formula is C18H11N5O2S. The van der Waals surface area contributed by atoms with E-state index in [2.05, 4.69) is 19.8 Å². The lowest BCUT2D eigenvalue weighted by Gasteiger charge is -2.06. The van der Waals surface area contributed by atoms with Crippen LogP contribution in [-0.2, 0) is 10.0 Å². The van der Waals surface area contributed by atoms with E-state index in [1.807, 2.05) is 0 Å². The highest BCUT2D eigenvalue weighted by Crippen LogP contribution is 2.31. The van der Waals surface area contributed by atoms with Gasteiger partial charge in [-0.25, -0.2) is 22.4 Å². The number of aromatic nitrogens is 4. The number of fused-ring (bicyclic) bond motifs is 1. The van der Waals surface area contributed by atoms with Crippen molar-refractivity contribution in [2.45, 2.75) is 4.90 Å². The predicted octanol–water partition coefficient (Wildman–Crippen LogP) is 3.28. The fourth-order valence-corrected chi connectivity index (χ4v) is 4.03. The number of hydrogen-bond donors (Lipinski definition) is 0. The third-order valence-corrected chi connectivity index (χ3v) is 5.54. The van der Waals surface area contributed by atoms with Crippen molar-refractivity contribution in [3.8, 4) is 11.3 Å². The van der Waals surface area contributed by atoms with Crippen molar-refractivity contribution in [1.82, 2.24) is 18.9 Å². The minimum Gasteiger partial charge on any atom is -0.361 e. The standard InChI is InChI=1S/C18H11N5O2S/c1-19-17-10-16(21-12-22-17)15-11-23(18-14(15)8-5-9-20-18)26(24,25)13-6-3-2-4-7-13/h2-12H. The van der Waals surface area contributed by atoms with Crippen LogP contribution in [0.1, 0.15) is 0 Å². The van der Waals surface area contributed by atoms with Crippen LogP contribution in [0, 0.1) is 6.57 Å². The molecule has 0 fully saturated rings.